The number of hydrogen-bond acceptors (Lipinski definition) is 8. The second-order valence-electron chi connectivity index (χ2n) is 8.43. The van der Waals surface area contributed by atoms with Crippen molar-refractivity contribution in [3.8, 4) is 0 Å². The highest BCUT2D eigenvalue weighted by Gasteiger charge is 2.32. The lowest BCUT2D eigenvalue weighted by molar-refractivity contribution is -0.142. The van der Waals surface area contributed by atoms with Gasteiger partial charge in [0.15, 0.2) is 0 Å². The zero-order valence-corrected chi connectivity index (χ0v) is 20.1. The van der Waals surface area contributed by atoms with Crippen LogP contribution in [0.2, 0.25) is 0 Å². The summed E-state index contributed by atoms with van der Waals surface area (Å²) in [5, 5.41) is 26.3. The fourth-order valence-corrected chi connectivity index (χ4v) is 3.32. The summed E-state index contributed by atoms with van der Waals surface area (Å²) in [7, 11) is 0. The Balaban J connectivity index is 2.22. The first-order valence-electron chi connectivity index (χ1n) is 11.3. The molecule has 14 heteroatoms. The molecule has 0 spiro atoms. The molecule has 37 heavy (non-hydrogen) atoms. The van der Waals surface area contributed by atoms with Crippen molar-refractivity contribution >= 4 is 29.6 Å². The number of amides is 4. The number of aromatic amines is 1. The average Bonchev–Trinajstić information content (AvgIpc) is 3.35. The van der Waals surface area contributed by atoms with Crippen LogP contribution in [0.3, 0.4) is 0 Å². The minimum atomic E-state index is -1.51. The summed E-state index contributed by atoms with van der Waals surface area (Å²) in [5.41, 5.74) is 11.9. The first-order chi connectivity index (χ1) is 17.5. The fraction of sp³-hybridized carbons (Fsp3) is 0.391. The standard InChI is InChI=1S/C23H31N7O7/c1-12(31)19(25)22(35)29-16(9-18(24)32)21(34)28-15(8-14-10-26-11-27-14)20(33)30-17(23(36)37)7-13-5-3-2-4-6-13/h2-6,10-12,15-17,19,31H,7-9,25H2,1H3,(H2,24,32)(H,26,27)(H,28,34)(H,29,35)(H,30,33)(H,36,37). The topological polar surface area (TPSA) is 243 Å². The first-order valence-corrected chi connectivity index (χ1v) is 11.3. The van der Waals surface area contributed by atoms with Gasteiger partial charge in [-0.1, -0.05) is 30.3 Å². The van der Waals surface area contributed by atoms with Gasteiger partial charge in [0, 0.05) is 24.7 Å². The van der Waals surface area contributed by atoms with Crippen LogP contribution >= 0.6 is 0 Å². The van der Waals surface area contributed by atoms with Crippen molar-refractivity contribution in [3.05, 3.63) is 54.1 Å². The molecule has 1 aromatic carbocycles. The summed E-state index contributed by atoms with van der Waals surface area (Å²) >= 11 is 0. The monoisotopic (exact) mass is 517 g/mol. The van der Waals surface area contributed by atoms with E-state index in [0.29, 0.717) is 11.3 Å². The van der Waals surface area contributed by atoms with Gasteiger partial charge in [0.05, 0.1) is 18.9 Å². The molecule has 10 N–H and O–H groups in total. The summed E-state index contributed by atoms with van der Waals surface area (Å²) in [4.78, 5) is 68.4. The lowest BCUT2D eigenvalue weighted by Crippen LogP contribution is -2.59. The molecule has 200 valence electrons. The Bertz CT molecular complexity index is 1080. The molecule has 0 saturated heterocycles. The molecule has 0 aliphatic rings. The number of imidazole rings is 1. The zero-order valence-electron chi connectivity index (χ0n) is 20.1. The number of rotatable bonds is 14. The molecule has 0 aliphatic heterocycles. The second kappa shape index (κ2) is 13.7. The quantitative estimate of drug-likeness (QED) is 0.130. The van der Waals surface area contributed by atoms with Gasteiger partial charge in [0.2, 0.25) is 23.6 Å². The van der Waals surface area contributed by atoms with Gasteiger partial charge in [-0.05, 0) is 12.5 Å². The van der Waals surface area contributed by atoms with E-state index in [4.69, 9.17) is 11.5 Å². The Kier molecular flexibility index (Phi) is 10.7. The summed E-state index contributed by atoms with van der Waals surface area (Å²) in [6.45, 7) is 1.27. The van der Waals surface area contributed by atoms with Crippen LogP contribution in [0.25, 0.3) is 0 Å². The maximum Gasteiger partial charge on any atom is 0.326 e. The normalized spacial score (nSPS) is 14.9. The molecule has 0 saturated carbocycles. The largest absolute Gasteiger partial charge is 0.480 e. The molecule has 0 fully saturated rings. The van der Waals surface area contributed by atoms with Crippen LogP contribution in [-0.2, 0) is 36.8 Å². The van der Waals surface area contributed by atoms with Gasteiger partial charge in [-0.2, -0.15) is 0 Å². The van der Waals surface area contributed by atoms with E-state index < -0.39 is 66.3 Å². The van der Waals surface area contributed by atoms with E-state index in [-0.39, 0.29) is 12.8 Å². The van der Waals surface area contributed by atoms with E-state index in [1.165, 1.54) is 19.4 Å². The third-order valence-corrected chi connectivity index (χ3v) is 5.37. The van der Waals surface area contributed by atoms with Crippen molar-refractivity contribution < 1.29 is 34.2 Å². The van der Waals surface area contributed by atoms with Crippen LogP contribution in [-0.4, -0.2) is 80.1 Å². The summed E-state index contributed by atoms with van der Waals surface area (Å²) in [5.74, 6) is -4.89. The van der Waals surface area contributed by atoms with Crippen LogP contribution in [0.15, 0.2) is 42.9 Å². The van der Waals surface area contributed by atoms with Crippen molar-refractivity contribution in [1.82, 2.24) is 25.9 Å². The van der Waals surface area contributed by atoms with Gasteiger partial charge in [0.25, 0.3) is 0 Å². The van der Waals surface area contributed by atoms with Gasteiger partial charge in [-0.15, -0.1) is 0 Å². The van der Waals surface area contributed by atoms with E-state index in [0.717, 1.165) is 0 Å². The maximum absolute atomic E-state index is 13.1. The highest BCUT2D eigenvalue weighted by Crippen LogP contribution is 2.06. The SMILES string of the molecule is CC(O)C(N)C(=O)NC(CC(N)=O)C(=O)NC(Cc1cnc[nH]1)C(=O)NC(Cc1ccccc1)C(=O)O. The molecule has 14 nitrogen and oxygen atoms in total. The van der Waals surface area contributed by atoms with E-state index >= 15 is 0 Å². The Morgan fingerprint density at radius 2 is 1.54 bits per heavy atom. The Hall–Kier alpha value is -4.30. The van der Waals surface area contributed by atoms with Crippen molar-refractivity contribution in [2.24, 2.45) is 11.5 Å². The van der Waals surface area contributed by atoms with Crippen molar-refractivity contribution in [2.45, 2.75) is 56.5 Å². The number of aliphatic carboxylic acids is 1. The summed E-state index contributed by atoms with van der Waals surface area (Å²) in [6.07, 6.45) is 0.789. The van der Waals surface area contributed by atoms with Gasteiger partial charge in [0.1, 0.15) is 24.2 Å². The number of aliphatic hydroxyl groups is 1. The second-order valence-corrected chi connectivity index (χ2v) is 8.43. The molecule has 5 unspecified atom stereocenters. The molecule has 2 rings (SSSR count). The van der Waals surface area contributed by atoms with E-state index in [9.17, 15) is 34.2 Å². The zero-order chi connectivity index (χ0) is 27.5. The van der Waals surface area contributed by atoms with Crippen molar-refractivity contribution in [3.63, 3.8) is 0 Å². The number of hydrogen-bond donors (Lipinski definition) is 8. The number of nitrogens with two attached hydrogens (primary N) is 2. The molecule has 1 aromatic heterocycles. The number of benzene rings is 1. The Labute approximate surface area is 212 Å². The molecule has 1 heterocycles. The van der Waals surface area contributed by atoms with E-state index in [1.807, 2.05) is 0 Å². The summed E-state index contributed by atoms with van der Waals surface area (Å²) in [6, 6.07) is 3.13. The highest BCUT2D eigenvalue weighted by molar-refractivity contribution is 5.96. The Morgan fingerprint density at radius 3 is 2.08 bits per heavy atom. The minimum absolute atomic E-state index is 0.00969. The van der Waals surface area contributed by atoms with Crippen molar-refractivity contribution in [2.75, 3.05) is 0 Å². The Morgan fingerprint density at radius 1 is 0.946 bits per heavy atom. The molecular weight excluding hydrogens is 486 g/mol. The number of primary amides is 1. The number of carbonyl (C=O) groups excluding carboxylic acids is 4. The van der Waals surface area contributed by atoms with Crippen LogP contribution < -0.4 is 27.4 Å². The third kappa shape index (κ3) is 9.35. The minimum Gasteiger partial charge on any atom is -0.480 e. The number of H-pyrrole nitrogens is 1. The van der Waals surface area contributed by atoms with Gasteiger partial charge in [-0.25, -0.2) is 9.78 Å². The number of aromatic nitrogens is 2. The van der Waals surface area contributed by atoms with Crippen LogP contribution in [0.1, 0.15) is 24.6 Å². The molecule has 0 radical (unpaired) electrons. The van der Waals surface area contributed by atoms with Crippen molar-refractivity contribution in [1.29, 1.82) is 0 Å². The molecule has 0 bridgehead atoms. The average molecular weight is 518 g/mol. The highest BCUT2D eigenvalue weighted by atomic mass is 16.4. The van der Waals surface area contributed by atoms with Crippen LogP contribution in [0.4, 0.5) is 0 Å². The predicted octanol–water partition coefficient (Wildman–Crippen LogP) is -2.68. The van der Waals surface area contributed by atoms with Gasteiger partial charge >= 0.3 is 5.97 Å². The van der Waals surface area contributed by atoms with Crippen LogP contribution in [0, 0.1) is 0 Å². The molecular formula is C23H31N7O7. The maximum atomic E-state index is 13.1. The van der Waals surface area contributed by atoms with E-state index in [2.05, 4.69) is 25.9 Å². The molecule has 0 aliphatic carbocycles. The smallest absolute Gasteiger partial charge is 0.326 e. The number of carboxylic acid groups (broad SMARTS) is 1. The molecule has 4 amide bonds. The molecule has 5 atom stereocenters. The fourth-order valence-electron chi connectivity index (χ4n) is 3.32. The lowest BCUT2D eigenvalue weighted by atomic mass is 10.0. The predicted molar refractivity (Wildman–Crippen MR) is 129 cm³/mol. The lowest BCUT2D eigenvalue weighted by Gasteiger charge is -2.25. The third-order valence-electron chi connectivity index (χ3n) is 5.37. The number of aliphatic hydroxyl groups excluding tert-OH is 1. The molecule has 2 aromatic rings. The number of carboxylic acids is 1. The van der Waals surface area contributed by atoms with Gasteiger partial charge in [-0.3, -0.25) is 19.2 Å². The first kappa shape index (κ1) is 28.9. The number of nitrogens with zero attached hydrogens (tertiary/aromatic N) is 1. The number of nitrogens with one attached hydrogen (secondary N) is 4. The van der Waals surface area contributed by atoms with Crippen LogP contribution in [0.5, 0.6) is 0 Å². The van der Waals surface area contributed by atoms with Gasteiger partial charge < -0.3 is 42.6 Å². The van der Waals surface area contributed by atoms with E-state index in [1.54, 1.807) is 30.3 Å². The summed E-state index contributed by atoms with van der Waals surface area (Å²) < 4.78 is 0. The number of carbonyl (C=O) groups is 5.